The highest BCUT2D eigenvalue weighted by Gasteiger charge is 2.32. The van der Waals surface area contributed by atoms with Crippen molar-refractivity contribution < 1.29 is 4.79 Å². The number of tetrazole rings is 1. The van der Waals surface area contributed by atoms with Crippen molar-refractivity contribution in [2.24, 2.45) is 11.8 Å². The van der Waals surface area contributed by atoms with Crippen LogP contribution in [0.5, 0.6) is 0 Å². The number of hydrogen-bond acceptors (Lipinski definition) is 6. The number of carbonyl (C=O) groups excluding carboxylic acids is 1. The molecule has 8 nitrogen and oxygen atoms in total. The number of amides is 1. The van der Waals surface area contributed by atoms with Gasteiger partial charge in [-0.05, 0) is 61.1 Å². The van der Waals surface area contributed by atoms with Gasteiger partial charge in [0.25, 0.3) is 0 Å². The Morgan fingerprint density at radius 2 is 2.04 bits per heavy atom. The number of rotatable bonds is 4. The van der Waals surface area contributed by atoms with Gasteiger partial charge < -0.3 is 10.2 Å². The van der Waals surface area contributed by atoms with Crippen LogP contribution in [0.2, 0.25) is 0 Å². The summed E-state index contributed by atoms with van der Waals surface area (Å²) in [5, 5.41) is 18.9. The smallest absolute Gasteiger partial charge is 0.223 e. The topological polar surface area (TPSA) is 88.3 Å². The van der Waals surface area contributed by atoms with Crippen LogP contribution in [-0.2, 0) is 4.79 Å². The SMILES string of the molecule is C[C@@H](NC(=O)C1CCN(c2ccc3nnnn3n2)CC1)C1CC1. The van der Waals surface area contributed by atoms with Gasteiger partial charge in [0.1, 0.15) is 0 Å². The van der Waals surface area contributed by atoms with Crippen molar-refractivity contribution in [3.63, 3.8) is 0 Å². The Bertz CT molecular complexity index is 703. The number of nitrogens with one attached hydrogen (secondary N) is 1. The van der Waals surface area contributed by atoms with Crippen molar-refractivity contribution in [1.29, 1.82) is 0 Å². The highest BCUT2D eigenvalue weighted by Crippen LogP contribution is 2.32. The first-order chi connectivity index (χ1) is 11.2. The lowest BCUT2D eigenvalue weighted by Crippen LogP contribution is -2.44. The molecule has 0 aromatic carbocycles. The van der Waals surface area contributed by atoms with Crippen molar-refractivity contribution in [1.82, 2.24) is 30.6 Å². The zero-order chi connectivity index (χ0) is 15.8. The average molecular weight is 315 g/mol. The minimum Gasteiger partial charge on any atom is -0.355 e. The molecule has 2 aromatic rings. The van der Waals surface area contributed by atoms with Crippen molar-refractivity contribution in [3.05, 3.63) is 12.1 Å². The van der Waals surface area contributed by atoms with Crippen LogP contribution < -0.4 is 10.2 Å². The molecule has 122 valence electrons. The van der Waals surface area contributed by atoms with E-state index in [-0.39, 0.29) is 11.8 Å². The number of fused-ring (bicyclic) bond motifs is 1. The van der Waals surface area contributed by atoms with Gasteiger partial charge in [-0.15, -0.1) is 14.8 Å². The fraction of sp³-hybridized carbons (Fsp3) is 0.667. The molecule has 0 unspecified atom stereocenters. The van der Waals surface area contributed by atoms with Gasteiger partial charge in [-0.3, -0.25) is 4.79 Å². The van der Waals surface area contributed by atoms with Crippen LogP contribution in [0, 0.1) is 11.8 Å². The molecule has 8 heteroatoms. The molecular weight excluding hydrogens is 294 g/mol. The zero-order valence-electron chi connectivity index (χ0n) is 13.2. The highest BCUT2D eigenvalue weighted by atomic mass is 16.2. The van der Waals surface area contributed by atoms with Crippen LogP contribution in [0.3, 0.4) is 0 Å². The minimum absolute atomic E-state index is 0.115. The molecule has 0 bridgehead atoms. The van der Waals surface area contributed by atoms with Gasteiger partial charge in [0.2, 0.25) is 5.91 Å². The molecule has 1 N–H and O–H groups in total. The van der Waals surface area contributed by atoms with Crippen LogP contribution in [0.15, 0.2) is 12.1 Å². The Labute approximate surface area is 134 Å². The van der Waals surface area contributed by atoms with E-state index < -0.39 is 0 Å². The first kappa shape index (κ1) is 14.3. The lowest BCUT2D eigenvalue weighted by atomic mass is 9.95. The molecule has 1 saturated heterocycles. The maximum absolute atomic E-state index is 12.3. The van der Waals surface area contributed by atoms with Gasteiger partial charge in [0.05, 0.1) is 0 Å². The molecular formula is C15H21N7O. The van der Waals surface area contributed by atoms with E-state index in [4.69, 9.17) is 0 Å². The van der Waals surface area contributed by atoms with Crippen LogP contribution in [0.25, 0.3) is 5.65 Å². The second-order valence-corrected chi connectivity index (χ2v) is 6.61. The molecule has 1 aliphatic carbocycles. The molecule has 4 rings (SSSR count). The second kappa shape index (κ2) is 5.75. The summed E-state index contributed by atoms with van der Waals surface area (Å²) in [6, 6.07) is 4.11. The minimum atomic E-state index is 0.115. The van der Waals surface area contributed by atoms with Gasteiger partial charge in [-0.1, -0.05) is 0 Å². The number of carbonyl (C=O) groups is 1. The van der Waals surface area contributed by atoms with Crippen LogP contribution in [0.1, 0.15) is 32.6 Å². The van der Waals surface area contributed by atoms with E-state index in [9.17, 15) is 4.79 Å². The number of anilines is 1. The lowest BCUT2D eigenvalue weighted by Gasteiger charge is -2.32. The molecule has 2 aliphatic rings. The fourth-order valence-electron chi connectivity index (χ4n) is 3.24. The van der Waals surface area contributed by atoms with Crippen molar-refractivity contribution >= 4 is 17.4 Å². The quantitative estimate of drug-likeness (QED) is 0.891. The maximum atomic E-state index is 12.3. The van der Waals surface area contributed by atoms with E-state index >= 15 is 0 Å². The standard InChI is InChI=1S/C15H21N7O/c1-10(11-2-3-11)16-15(23)12-6-8-21(9-7-12)14-5-4-13-17-19-20-22(13)18-14/h4-5,10-12H,2-3,6-9H2,1H3,(H,16,23)/t10-/m1/s1. The third kappa shape index (κ3) is 2.97. The molecule has 23 heavy (non-hydrogen) atoms. The Balaban J connectivity index is 1.35. The van der Waals surface area contributed by atoms with Crippen LogP contribution in [0.4, 0.5) is 5.82 Å². The van der Waals surface area contributed by atoms with Gasteiger partial charge in [0, 0.05) is 25.0 Å². The van der Waals surface area contributed by atoms with E-state index in [0.29, 0.717) is 17.6 Å². The fourth-order valence-corrected chi connectivity index (χ4v) is 3.24. The molecule has 1 atom stereocenters. The summed E-state index contributed by atoms with van der Waals surface area (Å²) in [6.07, 6.45) is 4.23. The van der Waals surface area contributed by atoms with Crippen molar-refractivity contribution in [2.75, 3.05) is 18.0 Å². The molecule has 0 radical (unpaired) electrons. The normalized spacial score (nSPS) is 20.7. The number of hydrogen-bond donors (Lipinski definition) is 1. The van der Waals surface area contributed by atoms with Gasteiger partial charge >= 0.3 is 0 Å². The van der Waals surface area contributed by atoms with E-state index in [1.54, 1.807) is 0 Å². The summed E-state index contributed by atoms with van der Waals surface area (Å²) >= 11 is 0. The predicted octanol–water partition coefficient (Wildman–Crippen LogP) is 0.650. The molecule has 1 amide bonds. The van der Waals surface area contributed by atoms with Crippen LogP contribution >= 0.6 is 0 Å². The molecule has 0 spiro atoms. The van der Waals surface area contributed by atoms with E-state index in [2.05, 4.69) is 37.8 Å². The zero-order valence-corrected chi connectivity index (χ0v) is 13.2. The molecule has 2 fully saturated rings. The number of piperidine rings is 1. The second-order valence-electron chi connectivity index (χ2n) is 6.61. The summed E-state index contributed by atoms with van der Waals surface area (Å²) in [5.41, 5.74) is 0.636. The largest absolute Gasteiger partial charge is 0.355 e. The monoisotopic (exact) mass is 315 g/mol. The Morgan fingerprint density at radius 3 is 2.78 bits per heavy atom. The first-order valence-electron chi connectivity index (χ1n) is 8.31. The summed E-state index contributed by atoms with van der Waals surface area (Å²) in [4.78, 5) is 14.5. The summed E-state index contributed by atoms with van der Waals surface area (Å²) in [5.74, 6) is 1.89. The molecule has 2 aromatic heterocycles. The Hall–Kier alpha value is -2.25. The first-order valence-corrected chi connectivity index (χ1v) is 8.31. The third-order valence-electron chi connectivity index (χ3n) is 4.94. The third-order valence-corrected chi connectivity index (χ3v) is 4.94. The summed E-state index contributed by atoms with van der Waals surface area (Å²) < 4.78 is 1.44. The predicted molar refractivity (Wildman–Crippen MR) is 83.8 cm³/mol. The summed E-state index contributed by atoms with van der Waals surface area (Å²) in [6.45, 7) is 3.78. The lowest BCUT2D eigenvalue weighted by molar-refractivity contribution is -0.126. The van der Waals surface area contributed by atoms with Crippen molar-refractivity contribution in [2.45, 2.75) is 38.6 Å². The van der Waals surface area contributed by atoms with E-state index in [1.165, 1.54) is 17.5 Å². The highest BCUT2D eigenvalue weighted by molar-refractivity contribution is 5.79. The van der Waals surface area contributed by atoms with Crippen molar-refractivity contribution in [3.8, 4) is 0 Å². The maximum Gasteiger partial charge on any atom is 0.223 e. The molecule has 1 aliphatic heterocycles. The van der Waals surface area contributed by atoms with Gasteiger partial charge in [0.15, 0.2) is 11.5 Å². The van der Waals surface area contributed by atoms with E-state index in [0.717, 1.165) is 31.7 Å². The summed E-state index contributed by atoms with van der Waals surface area (Å²) in [7, 11) is 0. The molecule has 1 saturated carbocycles. The average Bonchev–Trinajstić information content (AvgIpc) is 3.32. The van der Waals surface area contributed by atoms with E-state index in [1.807, 2.05) is 12.1 Å². The Morgan fingerprint density at radius 1 is 1.26 bits per heavy atom. The van der Waals surface area contributed by atoms with Gasteiger partial charge in [-0.25, -0.2) is 0 Å². The number of nitrogens with zero attached hydrogens (tertiary/aromatic N) is 6. The van der Waals surface area contributed by atoms with Gasteiger partial charge in [-0.2, -0.15) is 0 Å². The molecule has 3 heterocycles. The Kier molecular flexibility index (Phi) is 3.59. The number of aromatic nitrogens is 5. The van der Waals surface area contributed by atoms with Crippen LogP contribution in [-0.4, -0.2) is 50.3 Å².